The third kappa shape index (κ3) is 6.05. The fourth-order valence-corrected chi connectivity index (χ4v) is 11.7. The Bertz CT molecular complexity index is 2600. The van der Waals surface area contributed by atoms with E-state index in [4.69, 9.17) is 0 Å². The summed E-state index contributed by atoms with van der Waals surface area (Å²) in [5.41, 5.74) is 17.3. The van der Waals surface area contributed by atoms with Crippen LogP contribution in [0.5, 0.6) is 0 Å². The third-order valence-corrected chi connectivity index (χ3v) is 14.8. The number of benzene rings is 7. The zero-order chi connectivity index (χ0) is 38.1. The van der Waals surface area contributed by atoms with E-state index in [2.05, 4.69) is 170 Å². The summed E-state index contributed by atoms with van der Waals surface area (Å²) in [4.78, 5) is 2.50. The minimum atomic E-state index is -0.141. The summed E-state index contributed by atoms with van der Waals surface area (Å²) in [5, 5.41) is 2.57. The van der Waals surface area contributed by atoms with Crippen molar-refractivity contribution >= 4 is 27.8 Å². The average molecular weight is 740 g/mol. The zero-order valence-electron chi connectivity index (χ0n) is 33.6. The van der Waals surface area contributed by atoms with E-state index in [1.54, 1.807) is 0 Å². The van der Waals surface area contributed by atoms with E-state index in [0.29, 0.717) is 5.92 Å². The molecule has 4 aliphatic carbocycles. The molecule has 7 aromatic carbocycles. The van der Waals surface area contributed by atoms with Crippen LogP contribution in [0.25, 0.3) is 44.2 Å². The molecule has 282 valence electrons. The molecular weight excluding hydrogens is 687 g/mol. The highest BCUT2D eigenvalue weighted by molar-refractivity contribution is 5.90. The lowest BCUT2D eigenvalue weighted by molar-refractivity contribution is 0.420. The van der Waals surface area contributed by atoms with Crippen LogP contribution in [0.2, 0.25) is 0 Å². The number of rotatable bonds is 7. The Hall–Kier alpha value is -5.40. The van der Waals surface area contributed by atoms with Gasteiger partial charge in [0, 0.05) is 22.5 Å². The molecule has 0 heterocycles. The Morgan fingerprint density at radius 2 is 1.11 bits per heavy atom. The van der Waals surface area contributed by atoms with Crippen molar-refractivity contribution in [3.8, 4) is 33.4 Å². The Morgan fingerprint density at radius 1 is 0.474 bits per heavy atom. The van der Waals surface area contributed by atoms with Crippen LogP contribution in [-0.4, -0.2) is 0 Å². The Kier molecular flexibility index (Phi) is 8.50. The van der Waals surface area contributed by atoms with Crippen LogP contribution in [0.15, 0.2) is 152 Å². The molecule has 2 bridgehead atoms. The quantitative estimate of drug-likeness (QED) is 0.157. The molecular formula is C56H53N. The molecule has 1 heteroatoms. The number of hydrogen-bond acceptors (Lipinski definition) is 1. The second-order valence-electron chi connectivity index (χ2n) is 18.4. The minimum absolute atomic E-state index is 0.141. The molecule has 7 aromatic rings. The van der Waals surface area contributed by atoms with Gasteiger partial charge >= 0.3 is 0 Å². The molecule has 3 unspecified atom stereocenters. The van der Waals surface area contributed by atoms with Gasteiger partial charge < -0.3 is 4.90 Å². The van der Waals surface area contributed by atoms with Crippen molar-refractivity contribution in [2.24, 2.45) is 11.8 Å². The molecule has 0 aromatic heterocycles. The number of fused-ring (bicyclic) bond motifs is 6. The highest BCUT2D eigenvalue weighted by Gasteiger charge is 2.40. The van der Waals surface area contributed by atoms with Crippen LogP contribution in [-0.2, 0) is 5.41 Å². The summed E-state index contributed by atoms with van der Waals surface area (Å²) in [6.45, 7) is 4.83. The predicted octanol–water partition coefficient (Wildman–Crippen LogP) is 15.9. The first-order chi connectivity index (χ1) is 28.0. The third-order valence-electron chi connectivity index (χ3n) is 14.8. The van der Waals surface area contributed by atoms with E-state index in [9.17, 15) is 0 Å². The predicted molar refractivity (Wildman–Crippen MR) is 241 cm³/mol. The van der Waals surface area contributed by atoms with Gasteiger partial charge in [-0.3, -0.25) is 0 Å². The maximum absolute atomic E-state index is 2.50. The molecule has 11 rings (SSSR count). The van der Waals surface area contributed by atoms with Crippen molar-refractivity contribution < 1.29 is 0 Å². The van der Waals surface area contributed by atoms with Crippen LogP contribution in [0.4, 0.5) is 17.1 Å². The van der Waals surface area contributed by atoms with E-state index in [1.165, 1.54) is 141 Å². The van der Waals surface area contributed by atoms with Crippen LogP contribution in [0.3, 0.4) is 0 Å². The first-order valence-corrected chi connectivity index (χ1v) is 21.9. The Morgan fingerprint density at radius 3 is 1.86 bits per heavy atom. The Balaban J connectivity index is 0.969. The number of nitrogens with zero attached hydrogens (tertiary/aromatic N) is 1. The van der Waals surface area contributed by atoms with Crippen LogP contribution in [0.1, 0.15) is 106 Å². The van der Waals surface area contributed by atoms with Crippen LogP contribution < -0.4 is 4.90 Å². The first kappa shape index (κ1) is 34.8. The Labute approximate surface area is 339 Å². The standard InChI is InChI=1S/C56H53N/c1-56(2)54-35-44(43-19-18-38-10-6-7-13-42(38)34-43)24-30-51(54)52-31-29-48(36-55(52)56)57(47-27-22-41(23-28-47)53-33-37-16-17-45(53)32-37)46-25-20-40(21-26-46)50-15-9-8-14-49(50)39-11-4-3-5-12-39/h6-10,13-15,18-31,34-37,39,45,53H,3-5,11-12,16-17,32-33H2,1-2H3. The van der Waals surface area contributed by atoms with Gasteiger partial charge in [0.1, 0.15) is 0 Å². The molecule has 0 radical (unpaired) electrons. The van der Waals surface area contributed by atoms with Crippen molar-refractivity contribution in [2.75, 3.05) is 4.90 Å². The highest BCUT2D eigenvalue weighted by atomic mass is 15.1. The second-order valence-corrected chi connectivity index (χ2v) is 18.4. The van der Waals surface area contributed by atoms with Gasteiger partial charge in [-0.05, 0) is 171 Å². The molecule has 0 N–H and O–H groups in total. The molecule has 0 amide bonds. The van der Waals surface area contributed by atoms with E-state index in [-0.39, 0.29) is 5.41 Å². The lowest BCUT2D eigenvalue weighted by Crippen LogP contribution is -2.17. The summed E-state index contributed by atoms with van der Waals surface area (Å²) in [6.07, 6.45) is 12.4. The van der Waals surface area contributed by atoms with Gasteiger partial charge in [-0.1, -0.05) is 143 Å². The van der Waals surface area contributed by atoms with Gasteiger partial charge in [-0.15, -0.1) is 0 Å². The van der Waals surface area contributed by atoms with E-state index >= 15 is 0 Å². The van der Waals surface area contributed by atoms with Gasteiger partial charge in [0.15, 0.2) is 0 Å². The molecule has 1 nitrogen and oxygen atoms in total. The lowest BCUT2D eigenvalue weighted by Gasteiger charge is -2.29. The van der Waals surface area contributed by atoms with Crippen molar-refractivity contribution in [3.63, 3.8) is 0 Å². The first-order valence-electron chi connectivity index (χ1n) is 21.9. The van der Waals surface area contributed by atoms with Crippen LogP contribution in [0, 0.1) is 11.8 Å². The SMILES string of the molecule is CC1(C)c2cc(-c3ccc4ccccc4c3)ccc2-c2ccc(N(c3ccc(-c4ccccc4C4CCCCC4)cc3)c3ccc(C4CC5CCC4C5)cc3)cc21. The maximum atomic E-state index is 2.50. The summed E-state index contributed by atoms with van der Waals surface area (Å²) in [6, 6.07) is 58.2. The number of anilines is 3. The molecule has 0 saturated heterocycles. The summed E-state index contributed by atoms with van der Waals surface area (Å²) in [7, 11) is 0. The van der Waals surface area contributed by atoms with E-state index in [1.807, 2.05) is 0 Å². The van der Waals surface area contributed by atoms with E-state index < -0.39 is 0 Å². The van der Waals surface area contributed by atoms with Gasteiger partial charge in [0.05, 0.1) is 0 Å². The minimum Gasteiger partial charge on any atom is -0.310 e. The zero-order valence-corrected chi connectivity index (χ0v) is 33.6. The van der Waals surface area contributed by atoms with Crippen molar-refractivity contribution in [3.05, 3.63) is 174 Å². The molecule has 3 atom stereocenters. The molecule has 4 aliphatic rings. The van der Waals surface area contributed by atoms with Gasteiger partial charge in [-0.2, -0.15) is 0 Å². The second kappa shape index (κ2) is 13.9. The summed E-state index contributed by atoms with van der Waals surface area (Å²) in [5.74, 6) is 3.22. The fraction of sp³-hybridized carbons (Fsp3) is 0.286. The lowest BCUT2D eigenvalue weighted by atomic mass is 9.81. The maximum Gasteiger partial charge on any atom is 0.0465 e. The van der Waals surface area contributed by atoms with Crippen molar-refractivity contribution in [1.82, 2.24) is 0 Å². The molecule has 0 spiro atoms. The molecule has 3 saturated carbocycles. The van der Waals surface area contributed by atoms with Crippen molar-refractivity contribution in [1.29, 1.82) is 0 Å². The average Bonchev–Trinajstić information content (AvgIpc) is 3.97. The van der Waals surface area contributed by atoms with E-state index in [0.717, 1.165) is 17.8 Å². The highest BCUT2D eigenvalue weighted by Crippen LogP contribution is 2.54. The molecule has 57 heavy (non-hydrogen) atoms. The number of hydrogen-bond donors (Lipinski definition) is 0. The van der Waals surface area contributed by atoms with Gasteiger partial charge in [0.25, 0.3) is 0 Å². The molecule has 0 aliphatic heterocycles. The topological polar surface area (TPSA) is 3.24 Å². The fourth-order valence-electron chi connectivity index (χ4n) is 11.7. The van der Waals surface area contributed by atoms with Gasteiger partial charge in [-0.25, -0.2) is 0 Å². The monoisotopic (exact) mass is 739 g/mol. The normalized spacial score (nSPS) is 20.8. The van der Waals surface area contributed by atoms with Gasteiger partial charge in [0.2, 0.25) is 0 Å². The summed E-state index contributed by atoms with van der Waals surface area (Å²) < 4.78 is 0. The smallest absolute Gasteiger partial charge is 0.0465 e. The molecule has 3 fully saturated rings. The van der Waals surface area contributed by atoms with Crippen molar-refractivity contribution in [2.45, 2.75) is 88.9 Å². The summed E-state index contributed by atoms with van der Waals surface area (Å²) >= 11 is 0. The largest absolute Gasteiger partial charge is 0.310 e. The van der Waals surface area contributed by atoms with Crippen LogP contribution >= 0.6 is 0 Å².